The van der Waals surface area contributed by atoms with Gasteiger partial charge in [-0.2, -0.15) is 0 Å². The van der Waals surface area contributed by atoms with Crippen LogP contribution in [0.4, 0.5) is 10.8 Å². The number of hydrogen-bond donors (Lipinski definition) is 3. The SMILES string of the molecule is COc1ccc(/C=C(\NC(=O)c2ccccc2)C(=O)Nc2ccc(SC(C(=O)Nc3nc(-c4ccc(Cl)cc4)cs3)c3ccccc3)cc2)c(OC)c1. The third kappa shape index (κ3) is 9.72. The van der Waals surface area contributed by atoms with Crippen molar-refractivity contribution < 1.29 is 23.9 Å². The molecule has 9 nitrogen and oxygen atoms in total. The summed E-state index contributed by atoms with van der Waals surface area (Å²) < 4.78 is 10.8. The van der Waals surface area contributed by atoms with Crippen molar-refractivity contribution in [2.45, 2.75) is 10.1 Å². The summed E-state index contributed by atoms with van der Waals surface area (Å²) in [7, 11) is 3.06. The number of rotatable bonds is 13. The van der Waals surface area contributed by atoms with Crippen molar-refractivity contribution >= 4 is 69.3 Å². The molecular formula is C41H33ClN4O5S2. The van der Waals surface area contributed by atoms with Crippen LogP contribution in [0.3, 0.4) is 0 Å². The minimum atomic E-state index is -0.596. The first-order valence-electron chi connectivity index (χ1n) is 16.2. The molecule has 1 unspecified atom stereocenters. The number of nitrogens with zero attached hydrogens (tertiary/aromatic N) is 1. The number of carbonyl (C=O) groups excluding carboxylic acids is 3. The van der Waals surface area contributed by atoms with E-state index in [1.807, 2.05) is 60.0 Å². The van der Waals surface area contributed by atoms with E-state index in [2.05, 4.69) is 20.9 Å². The van der Waals surface area contributed by atoms with Crippen LogP contribution in [0.5, 0.6) is 11.5 Å². The van der Waals surface area contributed by atoms with Gasteiger partial charge in [-0.3, -0.25) is 14.4 Å². The van der Waals surface area contributed by atoms with Gasteiger partial charge in [0.2, 0.25) is 5.91 Å². The maximum atomic E-state index is 13.7. The van der Waals surface area contributed by atoms with Crippen LogP contribution in [0.25, 0.3) is 17.3 Å². The van der Waals surface area contributed by atoms with E-state index in [1.54, 1.807) is 86.0 Å². The second-order valence-corrected chi connectivity index (χ2v) is 13.9. The first-order chi connectivity index (χ1) is 25.8. The highest BCUT2D eigenvalue weighted by Crippen LogP contribution is 2.37. The number of hydrogen-bond acceptors (Lipinski definition) is 8. The van der Waals surface area contributed by atoms with Gasteiger partial charge in [0.25, 0.3) is 11.8 Å². The molecule has 0 bridgehead atoms. The number of ether oxygens (including phenoxy) is 2. The minimum absolute atomic E-state index is 0.00277. The van der Waals surface area contributed by atoms with Crippen molar-refractivity contribution in [1.82, 2.24) is 10.3 Å². The van der Waals surface area contributed by atoms with Crippen LogP contribution < -0.4 is 25.4 Å². The number of thiazole rings is 1. The van der Waals surface area contributed by atoms with E-state index < -0.39 is 17.1 Å². The number of amides is 3. The third-order valence-electron chi connectivity index (χ3n) is 7.85. The normalized spacial score (nSPS) is 11.6. The van der Waals surface area contributed by atoms with Gasteiger partial charge in [-0.05, 0) is 72.3 Å². The third-order valence-corrected chi connectivity index (χ3v) is 10.1. The number of halogens is 1. The molecule has 5 aromatic carbocycles. The fourth-order valence-corrected chi connectivity index (χ4v) is 7.02. The van der Waals surface area contributed by atoms with Gasteiger partial charge >= 0.3 is 0 Å². The van der Waals surface area contributed by atoms with Gasteiger partial charge in [-0.25, -0.2) is 4.98 Å². The largest absolute Gasteiger partial charge is 0.497 e. The average Bonchev–Trinajstić information content (AvgIpc) is 3.66. The summed E-state index contributed by atoms with van der Waals surface area (Å²) in [5, 5.41) is 11.0. The first kappa shape index (κ1) is 36.9. The van der Waals surface area contributed by atoms with E-state index in [-0.39, 0.29) is 11.6 Å². The molecule has 12 heteroatoms. The summed E-state index contributed by atoms with van der Waals surface area (Å²) >= 11 is 8.75. The summed E-state index contributed by atoms with van der Waals surface area (Å²) in [5.74, 6) is -0.187. The molecule has 1 atom stereocenters. The van der Waals surface area contributed by atoms with E-state index in [9.17, 15) is 14.4 Å². The molecule has 0 saturated heterocycles. The molecular weight excluding hydrogens is 728 g/mol. The highest BCUT2D eigenvalue weighted by atomic mass is 35.5. The maximum absolute atomic E-state index is 13.7. The van der Waals surface area contributed by atoms with Crippen LogP contribution in [-0.2, 0) is 9.59 Å². The summed E-state index contributed by atoms with van der Waals surface area (Å²) in [6.07, 6.45) is 1.54. The number of benzene rings is 5. The van der Waals surface area contributed by atoms with Crippen LogP contribution in [0.1, 0.15) is 26.7 Å². The molecule has 6 rings (SSSR count). The van der Waals surface area contributed by atoms with Crippen LogP contribution in [0, 0.1) is 0 Å². The molecule has 0 fully saturated rings. The lowest BCUT2D eigenvalue weighted by atomic mass is 10.1. The zero-order chi connectivity index (χ0) is 37.2. The predicted molar refractivity (Wildman–Crippen MR) is 213 cm³/mol. The van der Waals surface area contributed by atoms with Crippen LogP contribution in [-0.4, -0.2) is 36.9 Å². The van der Waals surface area contributed by atoms with Gasteiger partial charge < -0.3 is 25.4 Å². The number of methoxy groups -OCH3 is 2. The second kappa shape index (κ2) is 17.6. The fourth-order valence-electron chi connectivity index (χ4n) is 5.14. The van der Waals surface area contributed by atoms with E-state index >= 15 is 0 Å². The topological polar surface area (TPSA) is 119 Å². The van der Waals surface area contributed by atoms with Gasteiger partial charge in [-0.1, -0.05) is 72.3 Å². The number of carbonyl (C=O) groups is 3. The maximum Gasteiger partial charge on any atom is 0.272 e. The van der Waals surface area contributed by atoms with Crippen LogP contribution >= 0.6 is 34.7 Å². The Morgan fingerprint density at radius 3 is 2.19 bits per heavy atom. The van der Waals surface area contributed by atoms with Crippen molar-refractivity contribution in [2.75, 3.05) is 24.9 Å². The zero-order valence-corrected chi connectivity index (χ0v) is 30.9. The molecule has 0 spiro atoms. The molecule has 266 valence electrons. The second-order valence-electron chi connectivity index (χ2n) is 11.4. The Kier molecular flexibility index (Phi) is 12.2. The molecule has 0 aliphatic heterocycles. The van der Waals surface area contributed by atoms with Gasteiger partial charge in [0, 0.05) is 43.7 Å². The Morgan fingerprint density at radius 2 is 1.51 bits per heavy atom. The number of aromatic nitrogens is 1. The smallest absolute Gasteiger partial charge is 0.272 e. The fraction of sp³-hybridized carbons (Fsp3) is 0.0732. The summed E-state index contributed by atoms with van der Waals surface area (Å²) in [4.78, 5) is 46.0. The molecule has 6 aromatic rings. The quantitative estimate of drug-likeness (QED) is 0.0793. The van der Waals surface area contributed by atoms with Crippen LogP contribution in [0.2, 0.25) is 5.02 Å². The Morgan fingerprint density at radius 1 is 0.811 bits per heavy atom. The minimum Gasteiger partial charge on any atom is -0.497 e. The van der Waals surface area contributed by atoms with Gasteiger partial charge in [0.15, 0.2) is 5.13 Å². The van der Waals surface area contributed by atoms with E-state index in [0.717, 1.165) is 21.7 Å². The Labute approximate surface area is 320 Å². The molecule has 0 aliphatic carbocycles. The van der Waals surface area contributed by atoms with Crippen molar-refractivity contribution in [3.05, 3.63) is 160 Å². The first-order valence-corrected chi connectivity index (χ1v) is 18.4. The molecule has 3 N–H and O–H groups in total. The summed E-state index contributed by atoms with van der Waals surface area (Å²) in [6, 6.07) is 37.7. The Hall–Kier alpha value is -5.88. The molecule has 53 heavy (non-hydrogen) atoms. The monoisotopic (exact) mass is 760 g/mol. The van der Waals surface area contributed by atoms with E-state index in [1.165, 1.54) is 30.2 Å². The number of anilines is 2. The standard InChI is InChI=1S/C41H33ClN4O5S2/c1-50-32-20-15-29(36(24-32)51-2)23-34(44-38(47)28-11-7-4-8-12-28)39(48)43-31-18-21-33(22-19-31)53-37(27-9-5-3-6-10-27)40(49)46-41-45-35(25-52-41)26-13-16-30(42)17-14-26/h3-25,37H,1-2H3,(H,43,48)(H,44,47)(H,45,46,49)/b34-23-. The van der Waals surface area contributed by atoms with E-state index in [4.69, 9.17) is 21.1 Å². The Balaban J connectivity index is 1.19. The van der Waals surface area contributed by atoms with Crippen molar-refractivity contribution in [3.8, 4) is 22.8 Å². The predicted octanol–water partition coefficient (Wildman–Crippen LogP) is 9.36. The highest BCUT2D eigenvalue weighted by molar-refractivity contribution is 8.00. The lowest BCUT2D eigenvalue weighted by Crippen LogP contribution is -2.30. The molecule has 1 heterocycles. The summed E-state index contributed by atoms with van der Waals surface area (Å²) in [5.41, 5.74) is 3.89. The zero-order valence-electron chi connectivity index (χ0n) is 28.5. The average molecular weight is 761 g/mol. The van der Waals surface area contributed by atoms with E-state index in [0.29, 0.717) is 38.5 Å². The summed E-state index contributed by atoms with van der Waals surface area (Å²) in [6.45, 7) is 0. The van der Waals surface area contributed by atoms with Gasteiger partial charge in [0.05, 0.1) is 19.9 Å². The van der Waals surface area contributed by atoms with Gasteiger partial charge in [-0.15, -0.1) is 23.1 Å². The molecule has 1 aromatic heterocycles. The molecule has 3 amide bonds. The van der Waals surface area contributed by atoms with Gasteiger partial charge in [0.1, 0.15) is 22.4 Å². The molecule has 0 saturated carbocycles. The van der Waals surface area contributed by atoms with Crippen molar-refractivity contribution in [3.63, 3.8) is 0 Å². The molecule has 0 radical (unpaired) electrons. The van der Waals surface area contributed by atoms with Crippen molar-refractivity contribution in [2.24, 2.45) is 0 Å². The van der Waals surface area contributed by atoms with Crippen molar-refractivity contribution in [1.29, 1.82) is 0 Å². The Bertz CT molecular complexity index is 2230. The number of nitrogens with one attached hydrogen (secondary N) is 3. The molecule has 0 aliphatic rings. The van der Waals surface area contributed by atoms with Crippen LogP contribution in [0.15, 0.2) is 143 Å². The lowest BCUT2D eigenvalue weighted by molar-refractivity contribution is -0.116. The number of thioether (sulfide) groups is 1. The highest BCUT2D eigenvalue weighted by Gasteiger charge is 2.24. The lowest BCUT2D eigenvalue weighted by Gasteiger charge is -2.17.